The number of aryl methyl sites for hydroxylation is 1. The molecule has 0 radical (unpaired) electrons. The number of halogens is 3. The van der Waals surface area contributed by atoms with Gasteiger partial charge >= 0.3 is 6.18 Å². The quantitative estimate of drug-likeness (QED) is 0.622. The van der Waals surface area contributed by atoms with Gasteiger partial charge in [-0.05, 0) is 61.6 Å². The molecule has 0 aliphatic rings. The first-order valence-corrected chi connectivity index (χ1v) is 6.22. The second-order valence-electron chi connectivity index (χ2n) is 4.75. The normalized spacial score (nSPS) is 13.2. The zero-order chi connectivity index (χ0) is 14.8. The highest BCUT2D eigenvalue weighted by Gasteiger charge is 2.31. The van der Waals surface area contributed by atoms with Gasteiger partial charge in [0.2, 0.25) is 0 Å². The summed E-state index contributed by atoms with van der Waals surface area (Å²) in [6.45, 7) is 11.4. The minimum Gasteiger partial charge on any atom is -0.166 e. The Bertz CT molecular complexity index is 519. The van der Waals surface area contributed by atoms with Crippen LogP contribution in [0.3, 0.4) is 0 Å². The zero-order valence-corrected chi connectivity index (χ0v) is 11.8. The molecule has 1 aromatic carbocycles. The molecule has 0 aromatic heterocycles. The van der Waals surface area contributed by atoms with Crippen LogP contribution in [0.1, 0.15) is 44.4 Å². The Morgan fingerprint density at radius 2 is 1.74 bits per heavy atom. The first-order chi connectivity index (χ1) is 8.68. The molecule has 19 heavy (non-hydrogen) atoms. The van der Waals surface area contributed by atoms with Crippen molar-refractivity contribution in [3.8, 4) is 0 Å². The van der Waals surface area contributed by atoms with Gasteiger partial charge in [-0.15, -0.1) is 0 Å². The van der Waals surface area contributed by atoms with Crippen molar-refractivity contribution in [3.63, 3.8) is 0 Å². The zero-order valence-electron chi connectivity index (χ0n) is 11.8. The second kappa shape index (κ2) is 5.64. The van der Waals surface area contributed by atoms with Gasteiger partial charge in [0.1, 0.15) is 0 Å². The predicted molar refractivity (Wildman–Crippen MR) is 73.9 cm³/mol. The Balaban J connectivity index is 3.48. The standard InChI is InChI=1S/C16H19F3/c1-6-13-7-8-14(16(17,18)19)9-15(13)12(5)11(4)10(2)3/h7-9H,2,6H2,1,3-5H3/b12-11+. The maximum absolute atomic E-state index is 12.8. The summed E-state index contributed by atoms with van der Waals surface area (Å²) in [7, 11) is 0. The number of allylic oxidation sites excluding steroid dienone is 3. The Morgan fingerprint density at radius 1 is 1.16 bits per heavy atom. The first-order valence-electron chi connectivity index (χ1n) is 6.22. The fraction of sp³-hybridized carbons (Fsp3) is 0.375. The number of alkyl halides is 3. The van der Waals surface area contributed by atoms with Crippen LogP contribution >= 0.6 is 0 Å². The van der Waals surface area contributed by atoms with Crippen molar-refractivity contribution in [2.24, 2.45) is 0 Å². The molecule has 0 saturated heterocycles. The van der Waals surface area contributed by atoms with Crippen LogP contribution in [-0.4, -0.2) is 0 Å². The van der Waals surface area contributed by atoms with Gasteiger partial charge < -0.3 is 0 Å². The molecule has 0 fully saturated rings. The summed E-state index contributed by atoms with van der Waals surface area (Å²) < 4.78 is 38.4. The summed E-state index contributed by atoms with van der Waals surface area (Å²) >= 11 is 0. The number of rotatable bonds is 3. The lowest BCUT2D eigenvalue weighted by Gasteiger charge is -2.15. The maximum Gasteiger partial charge on any atom is 0.416 e. The molecule has 0 aliphatic carbocycles. The van der Waals surface area contributed by atoms with Crippen LogP contribution in [-0.2, 0) is 12.6 Å². The third-order valence-corrected chi connectivity index (χ3v) is 3.42. The van der Waals surface area contributed by atoms with Crippen molar-refractivity contribution in [1.82, 2.24) is 0 Å². The average molecular weight is 268 g/mol. The van der Waals surface area contributed by atoms with Crippen molar-refractivity contribution < 1.29 is 13.2 Å². The molecule has 0 spiro atoms. The van der Waals surface area contributed by atoms with Crippen molar-refractivity contribution in [3.05, 3.63) is 52.6 Å². The maximum atomic E-state index is 12.8. The fourth-order valence-corrected chi connectivity index (χ4v) is 1.93. The fourth-order valence-electron chi connectivity index (χ4n) is 1.93. The van der Waals surface area contributed by atoms with E-state index in [1.54, 1.807) is 6.07 Å². The molecule has 3 heteroatoms. The molecule has 0 heterocycles. The molecule has 104 valence electrons. The van der Waals surface area contributed by atoms with E-state index in [0.717, 1.165) is 28.3 Å². The van der Waals surface area contributed by atoms with Gasteiger partial charge in [0.05, 0.1) is 5.56 Å². The highest BCUT2D eigenvalue weighted by atomic mass is 19.4. The van der Waals surface area contributed by atoms with E-state index in [0.29, 0.717) is 12.0 Å². The molecular weight excluding hydrogens is 249 g/mol. The Morgan fingerprint density at radius 3 is 2.16 bits per heavy atom. The van der Waals surface area contributed by atoms with Crippen molar-refractivity contribution >= 4 is 5.57 Å². The van der Waals surface area contributed by atoms with Gasteiger partial charge in [-0.1, -0.05) is 25.1 Å². The van der Waals surface area contributed by atoms with Crippen LogP contribution < -0.4 is 0 Å². The summed E-state index contributed by atoms with van der Waals surface area (Å²) in [6, 6.07) is 3.94. The average Bonchev–Trinajstić information content (AvgIpc) is 2.34. The Hall–Kier alpha value is -1.51. The van der Waals surface area contributed by atoms with Crippen LogP contribution in [0.15, 0.2) is 35.9 Å². The summed E-state index contributed by atoms with van der Waals surface area (Å²) in [6.07, 6.45) is -3.60. The molecule has 1 aromatic rings. The molecular formula is C16H19F3. The van der Waals surface area contributed by atoms with Crippen LogP contribution in [0, 0.1) is 0 Å². The molecule has 0 atom stereocenters. The van der Waals surface area contributed by atoms with Gasteiger partial charge in [0.25, 0.3) is 0 Å². The number of hydrogen-bond donors (Lipinski definition) is 0. The number of benzene rings is 1. The van der Waals surface area contributed by atoms with E-state index in [1.807, 2.05) is 27.7 Å². The number of hydrogen-bond acceptors (Lipinski definition) is 0. The molecule has 0 nitrogen and oxygen atoms in total. The predicted octanol–water partition coefficient (Wildman–Crippen LogP) is 5.64. The smallest absolute Gasteiger partial charge is 0.166 e. The summed E-state index contributed by atoms with van der Waals surface area (Å²) in [5.74, 6) is 0. The van der Waals surface area contributed by atoms with Crippen molar-refractivity contribution in [1.29, 1.82) is 0 Å². The molecule has 0 amide bonds. The lowest BCUT2D eigenvalue weighted by atomic mass is 9.92. The molecule has 0 bridgehead atoms. The lowest BCUT2D eigenvalue weighted by molar-refractivity contribution is -0.137. The highest BCUT2D eigenvalue weighted by molar-refractivity contribution is 5.72. The minimum absolute atomic E-state index is 0.603. The van der Waals surface area contributed by atoms with E-state index < -0.39 is 11.7 Å². The van der Waals surface area contributed by atoms with Crippen LogP contribution in [0.25, 0.3) is 5.57 Å². The van der Waals surface area contributed by atoms with Gasteiger partial charge in [0, 0.05) is 0 Å². The van der Waals surface area contributed by atoms with E-state index in [9.17, 15) is 13.2 Å². The molecule has 0 saturated carbocycles. The molecule has 0 unspecified atom stereocenters. The van der Waals surface area contributed by atoms with Gasteiger partial charge in [-0.3, -0.25) is 0 Å². The summed E-state index contributed by atoms with van der Waals surface area (Å²) in [5, 5.41) is 0. The first kappa shape index (κ1) is 15.5. The third kappa shape index (κ3) is 3.49. The van der Waals surface area contributed by atoms with Gasteiger partial charge in [-0.2, -0.15) is 13.2 Å². The van der Waals surface area contributed by atoms with Gasteiger partial charge in [0.15, 0.2) is 0 Å². The third-order valence-electron chi connectivity index (χ3n) is 3.42. The topological polar surface area (TPSA) is 0 Å². The van der Waals surface area contributed by atoms with E-state index in [2.05, 4.69) is 6.58 Å². The second-order valence-corrected chi connectivity index (χ2v) is 4.75. The van der Waals surface area contributed by atoms with Crippen LogP contribution in [0.5, 0.6) is 0 Å². The van der Waals surface area contributed by atoms with Crippen LogP contribution in [0.4, 0.5) is 13.2 Å². The van der Waals surface area contributed by atoms with Crippen molar-refractivity contribution in [2.45, 2.75) is 40.3 Å². The van der Waals surface area contributed by atoms with Gasteiger partial charge in [-0.25, -0.2) is 0 Å². The molecule has 1 rings (SSSR count). The monoisotopic (exact) mass is 268 g/mol. The lowest BCUT2D eigenvalue weighted by Crippen LogP contribution is -2.06. The Labute approximate surface area is 112 Å². The largest absolute Gasteiger partial charge is 0.416 e. The highest BCUT2D eigenvalue weighted by Crippen LogP contribution is 2.34. The van der Waals surface area contributed by atoms with Crippen molar-refractivity contribution in [2.75, 3.05) is 0 Å². The summed E-state index contributed by atoms with van der Waals surface area (Å²) in [5.41, 5.74) is 3.65. The van der Waals surface area contributed by atoms with E-state index in [4.69, 9.17) is 0 Å². The minimum atomic E-state index is -4.31. The SMILES string of the molecule is C=C(C)/C(C)=C(\C)c1cc(C(F)(F)F)ccc1CC. The van der Waals surface area contributed by atoms with E-state index in [1.165, 1.54) is 6.07 Å². The van der Waals surface area contributed by atoms with E-state index in [-0.39, 0.29) is 0 Å². The molecule has 0 aliphatic heterocycles. The summed E-state index contributed by atoms with van der Waals surface area (Å²) in [4.78, 5) is 0. The Kier molecular flexibility index (Phi) is 4.61. The van der Waals surface area contributed by atoms with Crippen LogP contribution in [0.2, 0.25) is 0 Å². The molecule has 0 N–H and O–H groups in total. The van der Waals surface area contributed by atoms with E-state index >= 15 is 0 Å².